The predicted molar refractivity (Wildman–Crippen MR) is 148 cm³/mol. The third-order valence-electron chi connectivity index (χ3n) is 7.75. The van der Waals surface area contributed by atoms with Crippen LogP contribution in [0.15, 0.2) is 18.0 Å². The quantitative estimate of drug-likeness (QED) is 0.426. The summed E-state index contributed by atoms with van der Waals surface area (Å²) in [6.45, 7) is 5.10. The van der Waals surface area contributed by atoms with Crippen LogP contribution < -0.4 is 20.7 Å². The van der Waals surface area contributed by atoms with E-state index in [1.807, 2.05) is 13.0 Å². The minimum atomic E-state index is -0.340. The van der Waals surface area contributed by atoms with Crippen molar-refractivity contribution >= 4 is 51.6 Å². The normalized spacial score (nSPS) is 20.4. The summed E-state index contributed by atoms with van der Waals surface area (Å²) in [6.07, 6.45) is 5.24. The summed E-state index contributed by atoms with van der Waals surface area (Å²) >= 11 is 1.31. The van der Waals surface area contributed by atoms with Gasteiger partial charge in [0.25, 0.3) is 5.91 Å². The molecule has 1 aliphatic carbocycles. The molecule has 0 spiro atoms. The number of nitrogens with two attached hydrogens (primary N) is 1. The van der Waals surface area contributed by atoms with Crippen LogP contribution in [0.2, 0.25) is 0 Å². The Hall–Kier alpha value is -4.00. The lowest BCUT2D eigenvalue weighted by molar-refractivity contribution is -0.135. The van der Waals surface area contributed by atoms with Crippen LogP contribution in [-0.4, -0.2) is 69.1 Å². The number of carbonyl (C=O) groups is 3. The second-order valence-corrected chi connectivity index (χ2v) is 11.7. The van der Waals surface area contributed by atoms with Crippen molar-refractivity contribution in [2.45, 2.75) is 64.5 Å². The number of ketones is 1. The fraction of sp³-hybridized carbons (Fsp3) is 0.481. The van der Waals surface area contributed by atoms with Crippen LogP contribution in [0, 0.1) is 6.92 Å². The smallest absolute Gasteiger partial charge is 0.334 e. The molecule has 2 aliphatic heterocycles. The number of amides is 1. The van der Waals surface area contributed by atoms with Gasteiger partial charge >= 0.3 is 5.97 Å². The minimum Gasteiger partial charge on any atom is -0.473 e. The van der Waals surface area contributed by atoms with E-state index in [4.69, 9.17) is 15.2 Å². The average molecular weight is 566 g/mol. The molecule has 1 amide bonds. The van der Waals surface area contributed by atoms with Gasteiger partial charge < -0.3 is 25.4 Å². The monoisotopic (exact) mass is 565 g/mol. The molecule has 6 rings (SSSR count). The zero-order chi connectivity index (χ0) is 28.0. The summed E-state index contributed by atoms with van der Waals surface area (Å²) in [4.78, 5) is 48.4. The second kappa shape index (κ2) is 10.5. The van der Waals surface area contributed by atoms with Gasteiger partial charge in [0, 0.05) is 43.1 Å². The van der Waals surface area contributed by atoms with E-state index in [-0.39, 0.29) is 36.4 Å². The number of hydrogen-bond acceptors (Lipinski definition) is 11. The van der Waals surface area contributed by atoms with Crippen molar-refractivity contribution in [1.82, 2.24) is 24.9 Å². The van der Waals surface area contributed by atoms with Crippen LogP contribution in [0.3, 0.4) is 0 Å². The van der Waals surface area contributed by atoms with Crippen molar-refractivity contribution in [2.75, 3.05) is 30.3 Å². The third-order valence-corrected chi connectivity index (χ3v) is 8.70. The van der Waals surface area contributed by atoms with Crippen LogP contribution in [0.5, 0.6) is 5.88 Å². The first-order valence-electron chi connectivity index (χ1n) is 13.5. The van der Waals surface area contributed by atoms with E-state index in [0.29, 0.717) is 59.9 Å². The Bertz CT molecular complexity index is 1530. The topological polar surface area (TPSA) is 154 Å². The molecule has 1 saturated heterocycles. The minimum absolute atomic E-state index is 0.111. The molecule has 13 heteroatoms. The molecule has 1 atom stereocenters. The maximum Gasteiger partial charge on any atom is 0.334 e. The number of cyclic esters (lactones) is 1. The number of hydrogen-bond donors (Lipinski definition) is 2. The van der Waals surface area contributed by atoms with Crippen molar-refractivity contribution in [3.8, 4) is 5.88 Å². The summed E-state index contributed by atoms with van der Waals surface area (Å²) in [5.41, 5.74) is 9.86. The van der Waals surface area contributed by atoms with Gasteiger partial charge in [0.1, 0.15) is 30.3 Å². The van der Waals surface area contributed by atoms with Gasteiger partial charge in [-0.25, -0.2) is 19.3 Å². The van der Waals surface area contributed by atoms with Crippen LogP contribution >= 0.6 is 11.3 Å². The van der Waals surface area contributed by atoms with Gasteiger partial charge in [-0.2, -0.15) is 5.10 Å². The van der Waals surface area contributed by atoms with E-state index in [0.717, 1.165) is 41.3 Å². The molecule has 0 unspecified atom stereocenters. The number of carbonyl (C=O) groups excluding carboxylic acids is 3. The molecule has 0 radical (unpaired) electrons. The van der Waals surface area contributed by atoms with Gasteiger partial charge in [0.05, 0.1) is 16.4 Å². The molecule has 3 aromatic rings. The Morgan fingerprint density at radius 3 is 2.77 bits per heavy atom. The fourth-order valence-electron chi connectivity index (χ4n) is 5.63. The number of thiazole rings is 1. The van der Waals surface area contributed by atoms with Gasteiger partial charge in [-0.05, 0) is 45.6 Å². The molecule has 1 saturated carbocycles. The zero-order valence-corrected chi connectivity index (χ0v) is 23.3. The number of fused-ring (bicyclic) bond motifs is 1. The maximum atomic E-state index is 13.4. The van der Waals surface area contributed by atoms with Crippen molar-refractivity contribution in [1.29, 1.82) is 0 Å². The van der Waals surface area contributed by atoms with Crippen molar-refractivity contribution in [3.05, 3.63) is 33.5 Å². The molecular formula is C27H31N7O5S. The van der Waals surface area contributed by atoms with Gasteiger partial charge in [0.2, 0.25) is 5.88 Å². The molecule has 210 valence electrons. The number of aryl methyl sites for hydroxylation is 1. The number of ether oxygens (including phenoxy) is 2. The number of piperidine rings is 1. The van der Waals surface area contributed by atoms with Gasteiger partial charge in [-0.1, -0.05) is 0 Å². The molecule has 3 aliphatic rings. The van der Waals surface area contributed by atoms with E-state index >= 15 is 0 Å². The van der Waals surface area contributed by atoms with Crippen LogP contribution in [0.1, 0.15) is 65.8 Å². The number of anilines is 2. The lowest BCUT2D eigenvalue weighted by Crippen LogP contribution is -2.47. The Kier molecular flexibility index (Phi) is 6.90. The third kappa shape index (κ3) is 4.89. The highest BCUT2D eigenvalue weighted by Gasteiger charge is 2.31. The highest BCUT2D eigenvalue weighted by molar-refractivity contribution is 7.13. The number of aromatic nitrogens is 4. The summed E-state index contributed by atoms with van der Waals surface area (Å²) in [6, 6.07) is 1.85. The molecule has 3 aromatic heterocycles. The number of nitrogen functional groups attached to an aromatic ring is 1. The van der Waals surface area contributed by atoms with Gasteiger partial charge in [0.15, 0.2) is 10.7 Å². The Balaban J connectivity index is 1.22. The standard InChI is InChI=1S/C27H31N7O5S/c1-14-19(12-38-27(14)37)20-10-21(22-24(28)29-13-30-34(20)22)33-9-3-4-16(11-33)32-25(36)23-26(31-15(2)40-23)39-18-7-5-17(35)6-8-18/h10,13,16,18H,3-9,11-12H2,1-2H3,(H,32,36)(H2,28,29,30)/t16-/m1/s1. The van der Waals surface area contributed by atoms with E-state index < -0.39 is 0 Å². The molecule has 5 heterocycles. The Morgan fingerprint density at radius 2 is 2.02 bits per heavy atom. The molecular weight excluding hydrogens is 534 g/mol. The summed E-state index contributed by atoms with van der Waals surface area (Å²) < 4.78 is 13.0. The number of esters is 1. The number of Topliss-reactive ketones (excluding diaryl/α,β-unsaturated/α-hetero) is 1. The molecule has 3 N–H and O–H groups in total. The summed E-state index contributed by atoms with van der Waals surface area (Å²) in [5.74, 6) is 0.372. The largest absolute Gasteiger partial charge is 0.473 e. The lowest BCUT2D eigenvalue weighted by atomic mass is 9.96. The molecule has 40 heavy (non-hydrogen) atoms. The number of nitrogens with one attached hydrogen (secondary N) is 1. The molecule has 2 fully saturated rings. The van der Waals surface area contributed by atoms with Crippen molar-refractivity contribution in [2.24, 2.45) is 0 Å². The highest BCUT2D eigenvalue weighted by Crippen LogP contribution is 2.36. The van der Waals surface area contributed by atoms with E-state index in [1.165, 1.54) is 17.7 Å². The van der Waals surface area contributed by atoms with Crippen LogP contribution in [0.4, 0.5) is 11.5 Å². The van der Waals surface area contributed by atoms with E-state index in [9.17, 15) is 14.4 Å². The zero-order valence-electron chi connectivity index (χ0n) is 22.4. The van der Waals surface area contributed by atoms with Crippen LogP contribution in [0.25, 0.3) is 11.1 Å². The fourth-order valence-corrected chi connectivity index (χ4v) is 6.39. The van der Waals surface area contributed by atoms with Crippen molar-refractivity contribution < 1.29 is 23.9 Å². The van der Waals surface area contributed by atoms with E-state index in [1.54, 1.807) is 11.4 Å². The summed E-state index contributed by atoms with van der Waals surface area (Å²) in [7, 11) is 0. The molecule has 12 nitrogen and oxygen atoms in total. The first kappa shape index (κ1) is 26.2. The predicted octanol–water partition coefficient (Wildman–Crippen LogP) is 2.70. The Morgan fingerprint density at radius 1 is 1.23 bits per heavy atom. The first-order valence-corrected chi connectivity index (χ1v) is 14.3. The van der Waals surface area contributed by atoms with Gasteiger partial charge in [-0.3, -0.25) is 9.59 Å². The SMILES string of the molecule is CC1=C(c2cc(N3CCC[C@@H](NC(=O)c4sc(C)nc4OC4CCC(=O)CC4)C3)c3c(N)ncnn23)COC1=O. The second-order valence-electron chi connectivity index (χ2n) is 10.5. The Labute approximate surface area is 234 Å². The van der Waals surface area contributed by atoms with Gasteiger partial charge in [-0.15, -0.1) is 11.3 Å². The highest BCUT2D eigenvalue weighted by atomic mass is 32.1. The average Bonchev–Trinajstić information content (AvgIpc) is 3.61. The lowest BCUT2D eigenvalue weighted by Gasteiger charge is -2.34. The summed E-state index contributed by atoms with van der Waals surface area (Å²) in [5, 5.41) is 8.36. The van der Waals surface area contributed by atoms with E-state index in [2.05, 4.69) is 25.3 Å². The number of rotatable bonds is 6. The number of nitrogens with zero attached hydrogens (tertiary/aromatic N) is 5. The van der Waals surface area contributed by atoms with Crippen LogP contribution in [-0.2, 0) is 14.3 Å². The van der Waals surface area contributed by atoms with Crippen molar-refractivity contribution in [3.63, 3.8) is 0 Å². The molecule has 0 bridgehead atoms. The maximum absolute atomic E-state index is 13.4. The first-order chi connectivity index (χ1) is 19.3. The molecule has 0 aromatic carbocycles.